The lowest BCUT2D eigenvalue weighted by molar-refractivity contribution is -0.199. The summed E-state index contributed by atoms with van der Waals surface area (Å²) in [5.41, 5.74) is 1.27. The van der Waals surface area contributed by atoms with E-state index in [0.717, 1.165) is 0 Å². The maximum atomic E-state index is 9.60. The van der Waals surface area contributed by atoms with Crippen LogP contribution in [0.3, 0.4) is 0 Å². The van der Waals surface area contributed by atoms with Crippen molar-refractivity contribution >= 4 is 45.8 Å². The summed E-state index contributed by atoms with van der Waals surface area (Å²) in [5.74, 6) is -0.769. The van der Waals surface area contributed by atoms with E-state index in [-0.39, 0.29) is 11.9 Å². The molecule has 3 heterocycles. The number of nitrogens with zero attached hydrogens (tertiary/aromatic N) is 2. The predicted molar refractivity (Wildman–Crippen MR) is 89.6 cm³/mol. The number of hydrogen-bond donors (Lipinski definition) is 1. The maximum Gasteiger partial charge on any atom is 0.206 e. The Kier molecular flexibility index (Phi) is 4.01. The number of halogens is 3. The van der Waals surface area contributed by atoms with Crippen molar-refractivity contribution < 1.29 is 19.3 Å². The van der Waals surface area contributed by atoms with Gasteiger partial charge in [-0.15, -0.1) is 0 Å². The van der Waals surface area contributed by atoms with Crippen molar-refractivity contribution in [3.63, 3.8) is 0 Å². The molecule has 0 bridgehead atoms. The molecule has 2 fully saturated rings. The molecule has 1 aromatic carbocycles. The number of aromatic nitrogens is 2. The molecule has 0 saturated carbocycles. The molecule has 4 rings (SSSR count). The van der Waals surface area contributed by atoms with E-state index in [2.05, 4.69) is 4.98 Å². The van der Waals surface area contributed by atoms with Crippen molar-refractivity contribution in [2.45, 2.75) is 44.2 Å². The summed E-state index contributed by atoms with van der Waals surface area (Å²) in [4.78, 5) is 4.31. The van der Waals surface area contributed by atoms with Gasteiger partial charge in [-0.2, -0.15) is 0 Å². The van der Waals surface area contributed by atoms with Gasteiger partial charge < -0.3 is 19.3 Å². The minimum atomic E-state index is -0.769. The second-order valence-electron chi connectivity index (χ2n) is 6.32. The van der Waals surface area contributed by atoms with Crippen molar-refractivity contribution in [1.82, 2.24) is 9.55 Å². The maximum absolute atomic E-state index is 9.60. The number of rotatable bonds is 2. The Morgan fingerprint density at radius 3 is 2.54 bits per heavy atom. The van der Waals surface area contributed by atoms with Gasteiger partial charge in [-0.05, 0) is 37.6 Å². The van der Waals surface area contributed by atoms with Gasteiger partial charge in [-0.3, -0.25) is 4.57 Å². The van der Waals surface area contributed by atoms with Crippen LogP contribution >= 0.6 is 34.8 Å². The third-order valence-corrected chi connectivity index (χ3v) is 5.24. The Hall–Kier alpha value is -0.600. The van der Waals surface area contributed by atoms with Crippen LogP contribution in [0.1, 0.15) is 20.1 Å². The van der Waals surface area contributed by atoms with Gasteiger partial charge >= 0.3 is 0 Å². The summed E-state index contributed by atoms with van der Waals surface area (Å²) in [7, 11) is 0. The first-order chi connectivity index (χ1) is 11.3. The molecule has 2 aliphatic rings. The van der Waals surface area contributed by atoms with Crippen LogP contribution in [-0.2, 0) is 14.2 Å². The summed E-state index contributed by atoms with van der Waals surface area (Å²) in [6, 6.07) is 3.33. The number of hydrogen-bond acceptors (Lipinski definition) is 5. The van der Waals surface area contributed by atoms with Crippen LogP contribution in [0.25, 0.3) is 11.0 Å². The summed E-state index contributed by atoms with van der Waals surface area (Å²) in [6.07, 6.45) is -1.94. The number of aliphatic hydroxyl groups excluding tert-OH is 1. The summed E-state index contributed by atoms with van der Waals surface area (Å²) in [6.45, 7) is 3.45. The van der Waals surface area contributed by atoms with E-state index in [1.165, 1.54) is 0 Å². The summed E-state index contributed by atoms with van der Waals surface area (Å²) >= 11 is 18.5. The third-order valence-electron chi connectivity index (χ3n) is 4.25. The SMILES string of the molecule is CC1(C)O[C@@H]2[C@H](O1)[C@@H](CO)O[C@H]2n1c(Cl)nc2cc(Cl)c(Cl)cc21. The van der Waals surface area contributed by atoms with Gasteiger partial charge in [0.25, 0.3) is 0 Å². The van der Waals surface area contributed by atoms with E-state index in [4.69, 9.17) is 49.0 Å². The molecule has 4 atom stereocenters. The van der Waals surface area contributed by atoms with Crippen molar-refractivity contribution in [3.05, 3.63) is 27.5 Å². The molecule has 1 N–H and O–H groups in total. The minimum absolute atomic E-state index is 0.187. The zero-order chi connectivity index (χ0) is 17.2. The molecular weight excluding hydrogens is 379 g/mol. The zero-order valence-corrected chi connectivity index (χ0v) is 15.1. The molecule has 0 spiro atoms. The van der Waals surface area contributed by atoms with Gasteiger partial charge in [0.1, 0.15) is 18.3 Å². The van der Waals surface area contributed by atoms with Crippen LogP contribution in [0.4, 0.5) is 0 Å². The molecule has 24 heavy (non-hydrogen) atoms. The number of aliphatic hydroxyl groups is 1. The first kappa shape index (κ1) is 16.8. The summed E-state index contributed by atoms with van der Waals surface area (Å²) < 4.78 is 19.5. The number of imidazole rings is 1. The van der Waals surface area contributed by atoms with Crippen LogP contribution in [0.15, 0.2) is 12.1 Å². The molecule has 2 aliphatic heterocycles. The number of benzene rings is 1. The highest BCUT2D eigenvalue weighted by Gasteiger charge is 2.56. The highest BCUT2D eigenvalue weighted by atomic mass is 35.5. The van der Waals surface area contributed by atoms with E-state index in [1.807, 2.05) is 13.8 Å². The van der Waals surface area contributed by atoms with Crippen LogP contribution in [-0.4, -0.2) is 45.4 Å². The average molecular weight is 394 g/mol. The van der Waals surface area contributed by atoms with Gasteiger partial charge in [-0.1, -0.05) is 23.2 Å². The Morgan fingerprint density at radius 2 is 1.83 bits per heavy atom. The van der Waals surface area contributed by atoms with Gasteiger partial charge in [0.05, 0.1) is 27.7 Å². The molecule has 0 radical (unpaired) electrons. The number of ether oxygens (including phenoxy) is 3. The summed E-state index contributed by atoms with van der Waals surface area (Å²) in [5, 5.41) is 10.6. The van der Waals surface area contributed by atoms with Crippen LogP contribution in [0, 0.1) is 0 Å². The molecule has 2 saturated heterocycles. The highest BCUT2D eigenvalue weighted by Crippen LogP contribution is 2.45. The Morgan fingerprint density at radius 1 is 1.17 bits per heavy atom. The van der Waals surface area contributed by atoms with Crippen LogP contribution in [0.2, 0.25) is 15.3 Å². The van der Waals surface area contributed by atoms with Crippen molar-refractivity contribution in [1.29, 1.82) is 0 Å². The first-order valence-corrected chi connectivity index (χ1v) is 8.58. The van der Waals surface area contributed by atoms with Gasteiger partial charge in [0.2, 0.25) is 5.28 Å². The second kappa shape index (κ2) is 5.71. The molecular formula is C15H15Cl3N2O4. The van der Waals surface area contributed by atoms with Crippen molar-refractivity contribution in [2.24, 2.45) is 0 Å². The van der Waals surface area contributed by atoms with Gasteiger partial charge in [0.15, 0.2) is 12.0 Å². The molecule has 9 heteroatoms. The lowest BCUT2D eigenvalue weighted by atomic mass is 10.1. The van der Waals surface area contributed by atoms with Crippen LogP contribution in [0.5, 0.6) is 0 Å². The minimum Gasteiger partial charge on any atom is -0.394 e. The van der Waals surface area contributed by atoms with Crippen molar-refractivity contribution in [2.75, 3.05) is 6.61 Å². The highest BCUT2D eigenvalue weighted by molar-refractivity contribution is 6.42. The van der Waals surface area contributed by atoms with E-state index in [0.29, 0.717) is 21.1 Å². The molecule has 1 aromatic heterocycles. The fourth-order valence-electron chi connectivity index (χ4n) is 3.32. The smallest absolute Gasteiger partial charge is 0.206 e. The average Bonchev–Trinajstić information content (AvgIpc) is 3.08. The quantitative estimate of drug-likeness (QED) is 0.847. The molecule has 0 amide bonds. The lowest BCUT2D eigenvalue weighted by Gasteiger charge is -2.24. The van der Waals surface area contributed by atoms with E-state index in [1.54, 1.807) is 16.7 Å². The number of fused-ring (bicyclic) bond motifs is 2. The van der Waals surface area contributed by atoms with E-state index < -0.39 is 30.3 Å². The Bertz CT molecular complexity index is 810. The third kappa shape index (κ3) is 2.52. The second-order valence-corrected chi connectivity index (χ2v) is 7.47. The molecule has 0 aliphatic carbocycles. The predicted octanol–water partition coefficient (Wildman–Crippen LogP) is 3.41. The molecule has 6 nitrogen and oxygen atoms in total. The first-order valence-electron chi connectivity index (χ1n) is 7.45. The Balaban J connectivity index is 1.82. The van der Waals surface area contributed by atoms with E-state index in [9.17, 15) is 5.11 Å². The van der Waals surface area contributed by atoms with Crippen LogP contribution < -0.4 is 0 Å². The molecule has 0 unspecified atom stereocenters. The topological polar surface area (TPSA) is 65.7 Å². The molecule has 130 valence electrons. The van der Waals surface area contributed by atoms with Gasteiger partial charge in [0, 0.05) is 0 Å². The normalized spacial score (nSPS) is 31.8. The fraction of sp³-hybridized carbons (Fsp3) is 0.533. The fourth-order valence-corrected chi connectivity index (χ4v) is 3.91. The monoisotopic (exact) mass is 392 g/mol. The van der Waals surface area contributed by atoms with Crippen molar-refractivity contribution in [3.8, 4) is 0 Å². The van der Waals surface area contributed by atoms with E-state index >= 15 is 0 Å². The largest absolute Gasteiger partial charge is 0.394 e. The van der Waals surface area contributed by atoms with Gasteiger partial charge in [-0.25, -0.2) is 4.98 Å². The Labute approximate surface area is 153 Å². The molecule has 2 aromatic rings. The lowest BCUT2D eigenvalue weighted by Crippen LogP contribution is -2.31. The zero-order valence-electron chi connectivity index (χ0n) is 12.9. The standard InChI is InChI=1S/C15H15Cl3N2O4/c1-15(2)23-11-10(5-21)22-13(12(11)24-15)20-9-4-7(17)6(16)3-8(9)19-14(20)18/h3-4,10-13,21H,5H2,1-2H3/t10-,11-,12-,13-/m1/s1.